The maximum Gasteiger partial charge on any atom is 0.290 e. The third-order valence-corrected chi connectivity index (χ3v) is 4.53. The van der Waals surface area contributed by atoms with Crippen LogP contribution in [0.4, 0.5) is 0 Å². The highest BCUT2D eigenvalue weighted by atomic mass is 16.2. The summed E-state index contributed by atoms with van der Waals surface area (Å²) in [5.41, 5.74) is 1.05. The van der Waals surface area contributed by atoms with Crippen LogP contribution in [0.25, 0.3) is 5.52 Å². The standard InChI is InChI=1S/C18H24N4O2/c1-3-4-10-20(2)17(23)15-14-9-5-6-13-22(14)16(19-15)18(24)21-11-7-8-12-21/h5-6,9,13H,3-4,7-8,10-12H2,1-2H3. The number of unbranched alkanes of at least 4 members (excludes halogenated alkanes) is 1. The lowest BCUT2D eigenvalue weighted by molar-refractivity contribution is 0.0779. The molecule has 3 rings (SSSR count). The molecule has 1 aliphatic heterocycles. The number of hydrogen-bond donors (Lipinski definition) is 0. The number of fused-ring (bicyclic) bond motifs is 1. The summed E-state index contributed by atoms with van der Waals surface area (Å²) in [7, 11) is 1.79. The highest BCUT2D eigenvalue weighted by molar-refractivity contribution is 6.02. The van der Waals surface area contributed by atoms with Gasteiger partial charge in [0.25, 0.3) is 11.8 Å². The fourth-order valence-corrected chi connectivity index (χ4v) is 3.09. The number of nitrogens with zero attached hydrogens (tertiary/aromatic N) is 4. The molecule has 1 saturated heterocycles. The zero-order valence-corrected chi connectivity index (χ0v) is 14.4. The third kappa shape index (κ3) is 3.00. The maximum absolute atomic E-state index is 12.8. The normalized spacial score (nSPS) is 14.3. The molecular formula is C18H24N4O2. The molecular weight excluding hydrogens is 304 g/mol. The second-order valence-corrected chi connectivity index (χ2v) is 6.32. The van der Waals surface area contributed by atoms with Crippen molar-refractivity contribution in [1.29, 1.82) is 0 Å². The van der Waals surface area contributed by atoms with Gasteiger partial charge in [-0.05, 0) is 31.4 Å². The molecule has 2 amide bonds. The Morgan fingerprint density at radius 1 is 1.25 bits per heavy atom. The second-order valence-electron chi connectivity index (χ2n) is 6.32. The number of amides is 2. The summed E-state index contributed by atoms with van der Waals surface area (Å²) in [6.45, 7) is 4.31. The fourth-order valence-electron chi connectivity index (χ4n) is 3.09. The van der Waals surface area contributed by atoms with Gasteiger partial charge in [0, 0.05) is 32.9 Å². The molecule has 0 N–H and O–H groups in total. The van der Waals surface area contributed by atoms with Gasteiger partial charge in [-0.1, -0.05) is 19.4 Å². The number of pyridine rings is 1. The molecule has 6 nitrogen and oxygen atoms in total. The highest BCUT2D eigenvalue weighted by Crippen LogP contribution is 2.18. The van der Waals surface area contributed by atoms with Gasteiger partial charge in [-0.2, -0.15) is 0 Å². The third-order valence-electron chi connectivity index (χ3n) is 4.53. The van der Waals surface area contributed by atoms with Crippen LogP contribution < -0.4 is 0 Å². The maximum atomic E-state index is 12.8. The topological polar surface area (TPSA) is 57.9 Å². The van der Waals surface area contributed by atoms with E-state index in [1.54, 1.807) is 22.5 Å². The Kier molecular flexibility index (Phi) is 4.83. The van der Waals surface area contributed by atoms with E-state index >= 15 is 0 Å². The monoisotopic (exact) mass is 328 g/mol. The zero-order valence-electron chi connectivity index (χ0n) is 14.4. The van der Waals surface area contributed by atoms with Gasteiger partial charge in [0.1, 0.15) is 0 Å². The van der Waals surface area contributed by atoms with E-state index in [9.17, 15) is 9.59 Å². The molecule has 0 bridgehead atoms. The first-order chi connectivity index (χ1) is 11.6. The SMILES string of the molecule is CCCCN(C)C(=O)c1nc(C(=O)N2CCCC2)n2ccccc12. The molecule has 0 atom stereocenters. The van der Waals surface area contributed by atoms with E-state index in [0.29, 0.717) is 23.6 Å². The van der Waals surface area contributed by atoms with E-state index in [2.05, 4.69) is 11.9 Å². The van der Waals surface area contributed by atoms with Crippen LogP contribution in [0.15, 0.2) is 24.4 Å². The van der Waals surface area contributed by atoms with Crippen LogP contribution in [0.1, 0.15) is 53.7 Å². The first-order valence-electron chi connectivity index (χ1n) is 8.65. The lowest BCUT2D eigenvalue weighted by Gasteiger charge is -2.15. The summed E-state index contributed by atoms with van der Waals surface area (Å²) in [5, 5.41) is 0. The first-order valence-corrected chi connectivity index (χ1v) is 8.65. The molecule has 2 aromatic heterocycles. The number of hydrogen-bond acceptors (Lipinski definition) is 3. The Morgan fingerprint density at radius 3 is 2.71 bits per heavy atom. The molecule has 0 aromatic carbocycles. The molecule has 3 heterocycles. The minimum Gasteiger partial charge on any atom is -0.340 e. The molecule has 0 radical (unpaired) electrons. The molecule has 0 saturated carbocycles. The molecule has 24 heavy (non-hydrogen) atoms. The minimum absolute atomic E-state index is 0.0936. The van der Waals surface area contributed by atoms with E-state index in [4.69, 9.17) is 0 Å². The number of aromatic nitrogens is 2. The first kappa shape index (κ1) is 16.5. The van der Waals surface area contributed by atoms with Gasteiger partial charge in [0.05, 0.1) is 5.52 Å². The van der Waals surface area contributed by atoms with Gasteiger partial charge in [-0.25, -0.2) is 4.98 Å². The molecule has 0 aliphatic carbocycles. The Labute approximate surface area is 142 Å². The van der Waals surface area contributed by atoms with Crippen LogP contribution in [-0.4, -0.2) is 57.7 Å². The van der Waals surface area contributed by atoms with E-state index in [1.807, 2.05) is 23.1 Å². The van der Waals surface area contributed by atoms with E-state index in [-0.39, 0.29) is 11.8 Å². The van der Waals surface area contributed by atoms with Gasteiger partial charge < -0.3 is 9.80 Å². The number of imidazole rings is 1. The van der Waals surface area contributed by atoms with Gasteiger partial charge in [0.2, 0.25) is 5.82 Å². The summed E-state index contributed by atoms with van der Waals surface area (Å²) < 4.78 is 1.74. The quantitative estimate of drug-likeness (QED) is 0.847. The predicted molar refractivity (Wildman–Crippen MR) is 92.2 cm³/mol. The molecule has 1 aliphatic rings. The lowest BCUT2D eigenvalue weighted by Crippen LogP contribution is -2.30. The molecule has 6 heteroatoms. The van der Waals surface area contributed by atoms with Crippen LogP contribution in [0, 0.1) is 0 Å². The van der Waals surface area contributed by atoms with E-state index in [0.717, 1.165) is 38.8 Å². The van der Waals surface area contributed by atoms with Crippen LogP contribution in [0.5, 0.6) is 0 Å². The lowest BCUT2D eigenvalue weighted by atomic mass is 10.2. The largest absolute Gasteiger partial charge is 0.340 e. The summed E-state index contributed by atoms with van der Waals surface area (Å²) in [6, 6.07) is 5.56. The van der Waals surface area contributed by atoms with Gasteiger partial charge in [0.15, 0.2) is 5.69 Å². The Balaban J connectivity index is 1.97. The van der Waals surface area contributed by atoms with Crippen molar-refractivity contribution in [2.24, 2.45) is 0 Å². The van der Waals surface area contributed by atoms with Crippen molar-refractivity contribution in [2.45, 2.75) is 32.6 Å². The van der Waals surface area contributed by atoms with Crippen molar-refractivity contribution in [1.82, 2.24) is 19.2 Å². The Bertz CT molecular complexity index is 747. The van der Waals surface area contributed by atoms with Crippen molar-refractivity contribution in [3.8, 4) is 0 Å². The molecule has 2 aromatic rings. The molecule has 128 valence electrons. The predicted octanol–water partition coefficient (Wildman–Crippen LogP) is 2.44. The van der Waals surface area contributed by atoms with Crippen LogP contribution in [-0.2, 0) is 0 Å². The van der Waals surface area contributed by atoms with Gasteiger partial charge in [-0.15, -0.1) is 0 Å². The molecule has 0 spiro atoms. The summed E-state index contributed by atoms with van der Waals surface area (Å²) >= 11 is 0. The van der Waals surface area contributed by atoms with E-state index < -0.39 is 0 Å². The fraction of sp³-hybridized carbons (Fsp3) is 0.500. The van der Waals surface area contributed by atoms with Crippen LogP contribution in [0.3, 0.4) is 0 Å². The number of rotatable bonds is 5. The number of carbonyl (C=O) groups excluding carboxylic acids is 2. The van der Waals surface area contributed by atoms with Crippen LogP contribution in [0.2, 0.25) is 0 Å². The van der Waals surface area contributed by atoms with Crippen molar-refractivity contribution >= 4 is 17.3 Å². The van der Waals surface area contributed by atoms with Crippen molar-refractivity contribution < 1.29 is 9.59 Å². The molecule has 1 fully saturated rings. The van der Waals surface area contributed by atoms with Gasteiger partial charge in [-0.3, -0.25) is 14.0 Å². The summed E-state index contributed by atoms with van der Waals surface area (Å²) in [5.74, 6) is 0.108. The van der Waals surface area contributed by atoms with E-state index in [1.165, 1.54) is 0 Å². The summed E-state index contributed by atoms with van der Waals surface area (Å²) in [6.07, 6.45) is 5.84. The average Bonchev–Trinajstić information content (AvgIpc) is 3.26. The van der Waals surface area contributed by atoms with Crippen molar-refractivity contribution in [3.05, 3.63) is 35.9 Å². The second kappa shape index (κ2) is 7.03. The van der Waals surface area contributed by atoms with Crippen LogP contribution >= 0.6 is 0 Å². The Hall–Kier alpha value is -2.37. The zero-order chi connectivity index (χ0) is 17.1. The van der Waals surface area contributed by atoms with Crippen molar-refractivity contribution in [2.75, 3.05) is 26.7 Å². The highest BCUT2D eigenvalue weighted by Gasteiger charge is 2.27. The van der Waals surface area contributed by atoms with Gasteiger partial charge >= 0.3 is 0 Å². The number of likely N-dealkylation sites (tertiary alicyclic amines) is 1. The average molecular weight is 328 g/mol. The summed E-state index contributed by atoms with van der Waals surface area (Å²) in [4.78, 5) is 33.4. The number of carbonyl (C=O) groups is 2. The smallest absolute Gasteiger partial charge is 0.290 e. The molecule has 0 unspecified atom stereocenters. The Morgan fingerprint density at radius 2 is 2.00 bits per heavy atom. The van der Waals surface area contributed by atoms with Crippen molar-refractivity contribution in [3.63, 3.8) is 0 Å². The minimum atomic E-state index is -0.132.